The number of nitrogens with zero attached hydrogens (tertiary/aromatic N) is 2. The summed E-state index contributed by atoms with van der Waals surface area (Å²) in [5.41, 5.74) is 1.81. The molecule has 1 unspecified atom stereocenters. The topological polar surface area (TPSA) is 84.0 Å². The van der Waals surface area contributed by atoms with Crippen molar-refractivity contribution in [1.29, 1.82) is 0 Å². The molecule has 1 heterocycles. The van der Waals surface area contributed by atoms with E-state index in [1.54, 1.807) is 35.2 Å². The van der Waals surface area contributed by atoms with Crippen molar-refractivity contribution in [1.82, 2.24) is 0 Å². The second-order valence-electron chi connectivity index (χ2n) is 6.31. The van der Waals surface area contributed by atoms with E-state index >= 15 is 0 Å². The number of hydrogen-bond acceptors (Lipinski definition) is 5. The van der Waals surface area contributed by atoms with Crippen LogP contribution in [0.2, 0.25) is 0 Å². The van der Waals surface area contributed by atoms with Crippen LogP contribution in [0.4, 0.5) is 11.4 Å². The Kier molecular flexibility index (Phi) is 5.36. The van der Waals surface area contributed by atoms with E-state index in [1.807, 2.05) is 13.8 Å². The maximum absolute atomic E-state index is 12.6. The van der Waals surface area contributed by atoms with Crippen molar-refractivity contribution in [3.63, 3.8) is 0 Å². The van der Waals surface area contributed by atoms with E-state index in [-0.39, 0.29) is 12.3 Å². The Bertz CT molecular complexity index is 977. The van der Waals surface area contributed by atoms with Crippen molar-refractivity contribution in [2.24, 2.45) is 0 Å². The highest BCUT2D eigenvalue weighted by molar-refractivity contribution is 7.74. The van der Waals surface area contributed by atoms with Gasteiger partial charge in [-0.25, -0.2) is 8.42 Å². The number of benzene rings is 2. The lowest BCUT2D eigenvalue weighted by Gasteiger charge is -2.28. The molecule has 2 aromatic rings. The van der Waals surface area contributed by atoms with Crippen LogP contribution in [-0.2, 0) is 20.4 Å². The zero-order valence-corrected chi connectivity index (χ0v) is 16.4. The van der Waals surface area contributed by atoms with Gasteiger partial charge in [0.15, 0.2) is 0 Å². The van der Waals surface area contributed by atoms with E-state index in [4.69, 9.17) is 4.74 Å². The van der Waals surface area contributed by atoms with E-state index in [0.717, 1.165) is 11.1 Å². The molecule has 1 atom stereocenters. The monoisotopic (exact) mass is 390 g/mol. The molecule has 0 saturated heterocycles. The van der Waals surface area contributed by atoms with Crippen molar-refractivity contribution < 1.29 is 22.7 Å². The fraction of sp³-hybridized carbons (Fsp3) is 0.368. The first-order chi connectivity index (χ1) is 12.9. The van der Waals surface area contributed by atoms with Gasteiger partial charge in [-0.2, -0.15) is 0 Å². The fourth-order valence-corrected chi connectivity index (χ4v) is 4.50. The van der Waals surface area contributed by atoms with Crippen LogP contribution in [0.15, 0.2) is 30.3 Å². The van der Waals surface area contributed by atoms with Gasteiger partial charge < -0.3 is 9.64 Å². The zero-order chi connectivity index (χ0) is 19.7. The largest absolute Gasteiger partial charge is 0.469 e. The third-order valence-corrected chi connectivity index (χ3v) is 5.84. The molecule has 0 N–H and O–H groups in total. The molecule has 144 valence electrons. The molecule has 1 aliphatic rings. The van der Waals surface area contributed by atoms with Gasteiger partial charge in [0.05, 0.1) is 30.9 Å². The molecule has 0 saturated carbocycles. The van der Waals surface area contributed by atoms with E-state index in [2.05, 4.69) is 0 Å². The number of hydrogen-bond donors (Lipinski definition) is 1. The zero-order valence-electron chi connectivity index (χ0n) is 15.5. The Morgan fingerprint density at radius 3 is 2.56 bits per heavy atom. The van der Waals surface area contributed by atoms with Gasteiger partial charge in [0.2, 0.25) is 10.9 Å². The van der Waals surface area contributed by atoms with Crippen molar-refractivity contribution >= 4 is 44.9 Å². The van der Waals surface area contributed by atoms with Crippen LogP contribution in [0, 0.1) is 0 Å². The minimum atomic E-state index is -2.99. The molecule has 7 nitrogen and oxygen atoms in total. The van der Waals surface area contributed by atoms with Gasteiger partial charge in [0.25, 0.3) is 5.91 Å². The van der Waals surface area contributed by atoms with Gasteiger partial charge in [0, 0.05) is 22.9 Å². The highest BCUT2D eigenvalue weighted by Gasteiger charge is 2.32. The summed E-state index contributed by atoms with van der Waals surface area (Å²) in [5, 5.41) is 1.42. The van der Waals surface area contributed by atoms with Crippen molar-refractivity contribution in [3.05, 3.63) is 35.9 Å². The lowest BCUT2D eigenvalue weighted by Crippen LogP contribution is -2.35. The lowest BCUT2D eigenvalue weighted by atomic mass is 10.0. The molecule has 1 amide bonds. The molecule has 3 rings (SSSR count). The molecule has 0 radical (unpaired) electrons. The van der Waals surface area contributed by atoms with Crippen LogP contribution in [0.25, 0.3) is 10.8 Å². The first-order valence-corrected chi connectivity index (χ1v) is 9.95. The summed E-state index contributed by atoms with van der Waals surface area (Å²) in [7, 11) is -1.71. The fourth-order valence-electron chi connectivity index (χ4n) is 3.64. The summed E-state index contributed by atoms with van der Waals surface area (Å²) in [6, 6.07) is 8.22. The highest BCUT2D eigenvalue weighted by Crippen LogP contribution is 2.42. The predicted octanol–water partition coefficient (Wildman–Crippen LogP) is 2.49. The molecule has 2 aromatic carbocycles. The van der Waals surface area contributed by atoms with E-state index < -0.39 is 22.9 Å². The number of ether oxygens (including phenoxy) is 1. The first kappa shape index (κ1) is 19.2. The Labute approximate surface area is 159 Å². The number of carbonyl (C=O) groups excluding carboxylic acids is 2. The van der Waals surface area contributed by atoms with Gasteiger partial charge in [-0.1, -0.05) is 19.1 Å². The number of rotatable bonds is 7. The first-order valence-electron chi connectivity index (χ1n) is 8.82. The number of esters is 1. The van der Waals surface area contributed by atoms with Crippen LogP contribution >= 0.6 is 0 Å². The second-order valence-corrected chi connectivity index (χ2v) is 7.21. The third kappa shape index (κ3) is 3.14. The van der Waals surface area contributed by atoms with E-state index in [9.17, 15) is 18.0 Å². The maximum Gasteiger partial charge on any atom is 0.307 e. The van der Waals surface area contributed by atoms with Gasteiger partial charge in [-0.15, -0.1) is 0 Å². The Balaban J connectivity index is 2.20. The lowest BCUT2D eigenvalue weighted by molar-refractivity contribution is -0.140. The molecule has 27 heavy (non-hydrogen) atoms. The Morgan fingerprint density at radius 1 is 1.22 bits per heavy atom. The number of carbonyl (C=O) groups is 2. The van der Waals surface area contributed by atoms with Gasteiger partial charge in [0.1, 0.15) is 0 Å². The SMILES string of the molecule is CCC(CC(=O)OC)N(c1ccc2c3c(cccc13)C(=O)N2CC)[SH](=O)=O. The molecular weight excluding hydrogens is 368 g/mol. The average molecular weight is 390 g/mol. The highest BCUT2D eigenvalue weighted by atomic mass is 32.2. The van der Waals surface area contributed by atoms with Gasteiger partial charge >= 0.3 is 5.97 Å². The number of thiol groups is 1. The quantitative estimate of drug-likeness (QED) is 0.580. The maximum atomic E-state index is 12.6. The van der Waals surface area contributed by atoms with E-state index in [0.29, 0.717) is 29.6 Å². The number of anilines is 2. The van der Waals surface area contributed by atoms with Gasteiger partial charge in [-0.05, 0) is 31.5 Å². The van der Waals surface area contributed by atoms with Crippen molar-refractivity contribution in [3.8, 4) is 0 Å². The molecule has 0 fully saturated rings. The summed E-state index contributed by atoms with van der Waals surface area (Å²) < 4.78 is 30.2. The summed E-state index contributed by atoms with van der Waals surface area (Å²) in [4.78, 5) is 26.1. The Hall–Kier alpha value is -2.61. The molecule has 0 aliphatic carbocycles. The number of methoxy groups -OCH3 is 1. The molecule has 8 heteroatoms. The van der Waals surface area contributed by atoms with Crippen LogP contribution in [0.1, 0.15) is 37.0 Å². The molecule has 1 aliphatic heterocycles. The van der Waals surface area contributed by atoms with E-state index in [1.165, 1.54) is 11.4 Å². The average Bonchev–Trinajstić information content (AvgIpc) is 2.95. The van der Waals surface area contributed by atoms with Crippen LogP contribution in [-0.4, -0.2) is 40.0 Å². The molecule has 0 aromatic heterocycles. The number of amides is 1. The molecule has 0 spiro atoms. The van der Waals surface area contributed by atoms with Crippen LogP contribution < -0.4 is 9.21 Å². The minimum absolute atomic E-state index is 0.0424. The summed E-state index contributed by atoms with van der Waals surface area (Å²) in [6.45, 7) is 4.25. The molecule has 0 bridgehead atoms. The predicted molar refractivity (Wildman–Crippen MR) is 105 cm³/mol. The van der Waals surface area contributed by atoms with Crippen LogP contribution in [0.3, 0.4) is 0 Å². The van der Waals surface area contributed by atoms with Crippen molar-refractivity contribution in [2.45, 2.75) is 32.7 Å². The minimum Gasteiger partial charge on any atom is -0.469 e. The normalized spacial score (nSPS) is 14.1. The summed E-state index contributed by atoms with van der Waals surface area (Å²) in [6.07, 6.45) is 0.403. The van der Waals surface area contributed by atoms with Crippen LogP contribution in [0.5, 0.6) is 0 Å². The smallest absolute Gasteiger partial charge is 0.307 e. The Morgan fingerprint density at radius 2 is 1.96 bits per heavy atom. The standard InChI is InChI=1S/C19H22N2O5S/c1-4-12(11-17(22)26-3)21(27(24)25)15-9-10-16-18-13(15)7-6-8-14(18)19(23)20(16)5-2/h6-10,12,27H,4-5,11H2,1-3H3. The summed E-state index contributed by atoms with van der Waals surface area (Å²) >= 11 is 0. The van der Waals surface area contributed by atoms with Crippen molar-refractivity contribution in [2.75, 3.05) is 22.9 Å². The molecular formula is C19H22N2O5S. The second kappa shape index (κ2) is 7.56. The third-order valence-electron chi connectivity index (χ3n) is 4.95. The summed E-state index contributed by atoms with van der Waals surface area (Å²) in [5.74, 6) is -0.558. The van der Waals surface area contributed by atoms with Gasteiger partial charge in [-0.3, -0.25) is 13.9 Å².